The summed E-state index contributed by atoms with van der Waals surface area (Å²) in [6.45, 7) is 0. The van der Waals surface area contributed by atoms with Crippen LogP contribution in [0.4, 0.5) is 13.2 Å². The van der Waals surface area contributed by atoms with Crippen LogP contribution in [0.1, 0.15) is 0 Å². The van der Waals surface area contributed by atoms with Crippen LogP contribution in [0.15, 0.2) is 10.7 Å². The van der Waals surface area contributed by atoms with Crippen LogP contribution < -0.4 is 0 Å². The molecule has 0 aliphatic heterocycles. The fourth-order valence-electron chi connectivity index (χ4n) is 0.301. The zero-order valence-electron chi connectivity index (χ0n) is 3.62. The highest BCUT2D eigenvalue weighted by Gasteiger charge is 2.10. The van der Waals surface area contributed by atoms with Crippen molar-refractivity contribution in [2.24, 2.45) is 0 Å². The number of rotatable bonds is 0. The lowest BCUT2D eigenvalue weighted by Gasteiger charge is -1.72. The SMILES string of the molecule is Fc1coc(F)c1F. The minimum absolute atomic E-state index is 0.366. The summed E-state index contributed by atoms with van der Waals surface area (Å²) in [4.78, 5) is 0. The molecule has 0 radical (unpaired) electrons. The van der Waals surface area contributed by atoms with Crippen LogP contribution in [-0.4, -0.2) is 0 Å². The molecule has 1 rings (SSSR count). The van der Waals surface area contributed by atoms with Crippen LogP contribution in [0.2, 0.25) is 0 Å². The number of furan rings is 1. The van der Waals surface area contributed by atoms with E-state index in [9.17, 15) is 13.2 Å². The minimum Gasteiger partial charge on any atom is -0.434 e. The third-order valence-corrected chi connectivity index (χ3v) is 0.648. The number of hydrogen-bond acceptors (Lipinski definition) is 1. The van der Waals surface area contributed by atoms with Crippen molar-refractivity contribution in [1.29, 1.82) is 0 Å². The maximum Gasteiger partial charge on any atom is 0.317 e. The summed E-state index contributed by atoms with van der Waals surface area (Å²) in [7, 11) is 0. The van der Waals surface area contributed by atoms with Crippen LogP contribution in [-0.2, 0) is 0 Å². The lowest BCUT2D eigenvalue weighted by molar-refractivity contribution is 0.326. The normalized spacial score (nSPS) is 9.88. The van der Waals surface area contributed by atoms with Gasteiger partial charge in [-0.15, -0.1) is 0 Å². The Kier molecular flexibility index (Phi) is 1.00. The summed E-state index contributed by atoms with van der Waals surface area (Å²) < 4.78 is 38.5. The highest BCUT2D eigenvalue weighted by Crippen LogP contribution is 2.09. The van der Waals surface area contributed by atoms with Crippen molar-refractivity contribution in [1.82, 2.24) is 0 Å². The van der Waals surface area contributed by atoms with Gasteiger partial charge in [-0.05, 0) is 0 Å². The molecule has 0 aromatic carbocycles. The van der Waals surface area contributed by atoms with E-state index in [0.717, 1.165) is 0 Å². The van der Waals surface area contributed by atoms with Crippen LogP contribution in [0.25, 0.3) is 0 Å². The molecule has 0 saturated carbocycles. The molecule has 0 saturated heterocycles. The molecule has 1 aromatic rings. The monoisotopic (exact) mass is 122 g/mol. The second kappa shape index (κ2) is 1.54. The molecule has 1 aromatic heterocycles. The molecule has 1 heterocycles. The van der Waals surface area contributed by atoms with E-state index in [4.69, 9.17) is 0 Å². The largest absolute Gasteiger partial charge is 0.434 e. The van der Waals surface area contributed by atoms with Gasteiger partial charge in [-0.2, -0.15) is 8.78 Å². The minimum atomic E-state index is -1.56. The van der Waals surface area contributed by atoms with Gasteiger partial charge in [0.2, 0.25) is 5.82 Å². The number of halogens is 3. The van der Waals surface area contributed by atoms with Crippen molar-refractivity contribution in [2.75, 3.05) is 0 Å². The Labute approximate surface area is 42.7 Å². The van der Waals surface area contributed by atoms with Gasteiger partial charge in [0, 0.05) is 0 Å². The van der Waals surface area contributed by atoms with Gasteiger partial charge in [-0.1, -0.05) is 0 Å². The Morgan fingerprint density at radius 1 is 1.25 bits per heavy atom. The van der Waals surface area contributed by atoms with Crippen LogP contribution >= 0.6 is 0 Å². The van der Waals surface area contributed by atoms with Crippen molar-refractivity contribution >= 4 is 0 Å². The molecule has 44 valence electrons. The van der Waals surface area contributed by atoms with Crippen molar-refractivity contribution in [3.05, 3.63) is 23.9 Å². The zero-order chi connectivity index (χ0) is 6.15. The average molecular weight is 122 g/mol. The maximum atomic E-state index is 11.6. The Morgan fingerprint density at radius 3 is 2.00 bits per heavy atom. The van der Waals surface area contributed by atoms with E-state index >= 15 is 0 Å². The molecule has 0 atom stereocenters. The molecular weight excluding hydrogens is 121 g/mol. The summed E-state index contributed by atoms with van der Waals surface area (Å²) >= 11 is 0. The fraction of sp³-hybridized carbons (Fsp3) is 0. The van der Waals surface area contributed by atoms with E-state index in [2.05, 4.69) is 4.42 Å². The first kappa shape index (κ1) is 5.21. The molecule has 1 nitrogen and oxygen atoms in total. The van der Waals surface area contributed by atoms with E-state index in [0.29, 0.717) is 6.26 Å². The molecule has 0 aliphatic rings. The first-order valence-corrected chi connectivity index (χ1v) is 1.80. The Bertz CT molecular complexity index is 174. The molecule has 0 fully saturated rings. The van der Waals surface area contributed by atoms with Gasteiger partial charge >= 0.3 is 6.01 Å². The number of hydrogen-bond donors (Lipinski definition) is 0. The van der Waals surface area contributed by atoms with Crippen LogP contribution in [0, 0.1) is 17.6 Å². The van der Waals surface area contributed by atoms with Gasteiger partial charge in [0.25, 0.3) is 0 Å². The molecular formula is C4HF3O. The van der Waals surface area contributed by atoms with Crippen molar-refractivity contribution in [3.63, 3.8) is 0 Å². The molecule has 0 unspecified atom stereocenters. The molecule has 0 spiro atoms. The molecule has 0 aliphatic carbocycles. The average Bonchev–Trinajstić information content (AvgIpc) is 1.98. The van der Waals surface area contributed by atoms with Gasteiger partial charge in [-0.25, -0.2) is 4.39 Å². The van der Waals surface area contributed by atoms with Gasteiger partial charge < -0.3 is 4.42 Å². The lowest BCUT2D eigenvalue weighted by atomic mass is 10.6. The van der Waals surface area contributed by atoms with Gasteiger partial charge in [-0.3, -0.25) is 0 Å². The zero-order valence-corrected chi connectivity index (χ0v) is 3.62. The van der Waals surface area contributed by atoms with Crippen LogP contribution in [0.3, 0.4) is 0 Å². The second-order valence-corrected chi connectivity index (χ2v) is 1.17. The second-order valence-electron chi connectivity index (χ2n) is 1.17. The molecule has 8 heavy (non-hydrogen) atoms. The molecule has 0 N–H and O–H groups in total. The van der Waals surface area contributed by atoms with Crippen LogP contribution in [0.5, 0.6) is 0 Å². The van der Waals surface area contributed by atoms with E-state index < -0.39 is 17.6 Å². The van der Waals surface area contributed by atoms with E-state index in [1.165, 1.54) is 0 Å². The van der Waals surface area contributed by atoms with E-state index in [1.54, 1.807) is 0 Å². The maximum absolute atomic E-state index is 11.6. The highest BCUT2D eigenvalue weighted by atomic mass is 19.2. The van der Waals surface area contributed by atoms with Crippen molar-refractivity contribution in [3.8, 4) is 0 Å². The quantitative estimate of drug-likeness (QED) is 0.510. The standard InChI is InChI=1S/C4HF3O/c5-2-1-8-4(7)3(2)6/h1H. The summed E-state index contributed by atoms with van der Waals surface area (Å²) in [6.07, 6.45) is 0.366. The first-order valence-electron chi connectivity index (χ1n) is 1.80. The third-order valence-electron chi connectivity index (χ3n) is 0.648. The molecule has 0 bridgehead atoms. The third kappa shape index (κ3) is 0.576. The predicted molar refractivity (Wildman–Crippen MR) is 18.6 cm³/mol. The first-order chi connectivity index (χ1) is 3.72. The Hall–Kier alpha value is -0.930. The van der Waals surface area contributed by atoms with Gasteiger partial charge in [0.15, 0.2) is 5.82 Å². The summed E-state index contributed by atoms with van der Waals surface area (Å²) in [5.41, 5.74) is 0. The molecule has 4 heteroatoms. The van der Waals surface area contributed by atoms with E-state index in [1.807, 2.05) is 0 Å². The summed E-state index contributed by atoms with van der Waals surface area (Å²) in [5.74, 6) is -2.87. The fourth-order valence-corrected chi connectivity index (χ4v) is 0.301. The predicted octanol–water partition coefficient (Wildman–Crippen LogP) is 1.70. The molecule has 0 amide bonds. The lowest BCUT2D eigenvalue weighted by Crippen LogP contribution is -1.74. The Balaban J connectivity index is 3.19. The summed E-state index contributed by atoms with van der Waals surface area (Å²) in [6, 6.07) is -1.51. The van der Waals surface area contributed by atoms with Gasteiger partial charge in [0.1, 0.15) is 6.26 Å². The topological polar surface area (TPSA) is 13.1 Å². The van der Waals surface area contributed by atoms with E-state index in [-0.39, 0.29) is 0 Å². The highest BCUT2D eigenvalue weighted by molar-refractivity contribution is 4.93. The van der Waals surface area contributed by atoms with Gasteiger partial charge in [0.05, 0.1) is 0 Å². The Morgan fingerprint density at radius 2 is 1.88 bits per heavy atom. The van der Waals surface area contributed by atoms with Crippen molar-refractivity contribution in [2.45, 2.75) is 0 Å². The van der Waals surface area contributed by atoms with Crippen molar-refractivity contribution < 1.29 is 17.6 Å². The summed E-state index contributed by atoms with van der Waals surface area (Å²) in [5, 5.41) is 0. The smallest absolute Gasteiger partial charge is 0.317 e.